The van der Waals surface area contributed by atoms with Crippen LogP contribution in [0.15, 0.2) is 60.7 Å². The van der Waals surface area contributed by atoms with Crippen LogP contribution < -0.4 is 10.1 Å². The summed E-state index contributed by atoms with van der Waals surface area (Å²) in [4.78, 5) is 26.3. The number of nitrogens with one attached hydrogen (secondary N) is 1. The van der Waals surface area contributed by atoms with E-state index in [1.165, 1.54) is 13.1 Å². The minimum Gasteiger partial charge on any atom is -0.453 e. The summed E-state index contributed by atoms with van der Waals surface area (Å²) >= 11 is 0. The molecule has 0 bridgehead atoms. The van der Waals surface area contributed by atoms with Crippen LogP contribution in [0.25, 0.3) is 0 Å². The second-order valence-electron chi connectivity index (χ2n) is 7.47. The maximum Gasteiger partial charge on any atom is 0.416 e. The van der Waals surface area contributed by atoms with E-state index in [4.69, 9.17) is 4.74 Å². The summed E-state index contributed by atoms with van der Waals surface area (Å²) in [6.45, 7) is 0.563. The highest BCUT2D eigenvalue weighted by molar-refractivity contribution is 6.01. The molecule has 5 nitrogen and oxygen atoms in total. The van der Waals surface area contributed by atoms with Gasteiger partial charge in [-0.2, -0.15) is 13.2 Å². The molecule has 4 rings (SSSR count). The molecule has 0 aromatic heterocycles. The second-order valence-corrected chi connectivity index (χ2v) is 7.47. The molecule has 0 saturated carbocycles. The Morgan fingerprint density at radius 1 is 1.06 bits per heavy atom. The van der Waals surface area contributed by atoms with Crippen LogP contribution in [0.3, 0.4) is 0 Å². The zero-order valence-corrected chi connectivity index (χ0v) is 17.4. The maximum absolute atomic E-state index is 14.2. The second kappa shape index (κ2) is 8.57. The van der Waals surface area contributed by atoms with E-state index >= 15 is 0 Å². The highest BCUT2D eigenvalue weighted by Gasteiger charge is 2.33. The first-order valence-corrected chi connectivity index (χ1v) is 9.94. The number of fused-ring (bicyclic) bond motifs is 1. The average Bonchev–Trinajstić information content (AvgIpc) is 3.10. The number of nitrogens with zero attached hydrogens (tertiary/aromatic N) is 1. The Balaban J connectivity index is 1.54. The fourth-order valence-corrected chi connectivity index (χ4v) is 3.60. The summed E-state index contributed by atoms with van der Waals surface area (Å²) in [5.41, 5.74) is 1.06. The molecule has 33 heavy (non-hydrogen) atoms. The summed E-state index contributed by atoms with van der Waals surface area (Å²) in [5, 5.41) is 2.53. The molecule has 2 amide bonds. The van der Waals surface area contributed by atoms with E-state index in [1.807, 2.05) is 0 Å². The Morgan fingerprint density at radius 3 is 2.42 bits per heavy atom. The third-order valence-electron chi connectivity index (χ3n) is 5.27. The molecule has 3 aromatic carbocycles. The smallest absolute Gasteiger partial charge is 0.416 e. The first-order valence-electron chi connectivity index (χ1n) is 9.94. The number of alkyl halides is 3. The van der Waals surface area contributed by atoms with Gasteiger partial charge in [0.25, 0.3) is 11.8 Å². The summed E-state index contributed by atoms with van der Waals surface area (Å²) in [5.74, 6) is -2.09. The number of carbonyl (C=O) groups excluding carboxylic acids is 2. The molecule has 0 fully saturated rings. The number of rotatable bonds is 5. The van der Waals surface area contributed by atoms with Gasteiger partial charge in [-0.1, -0.05) is 24.3 Å². The van der Waals surface area contributed by atoms with Crippen molar-refractivity contribution in [2.75, 3.05) is 7.05 Å². The molecule has 1 N–H and O–H groups in total. The van der Waals surface area contributed by atoms with Gasteiger partial charge < -0.3 is 15.0 Å². The van der Waals surface area contributed by atoms with Crippen LogP contribution in [0, 0.1) is 5.82 Å². The van der Waals surface area contributed by atoms with Crippen molar-refractivity contribution in [3.05, 3.63) is 94.3 Å². The van der Waals surface area contributed by atoms with Gasteiger partial charge in [-0.25, -0.2) is 4.39 Å². The Kier molecular flexibility index (Phi) is 5.80. The zero-order valence-electron chi connectivity index (χ0n) is 17.4. The highest BCUT2D eigenvalue weighted by Crippen LogP contribution is 2.37. The van der Waals surface area contributed by atoms with Crippen molar-refractivity contribution >= 4 is 11.8 Å². The topological polar surface area (TPSA) is 58.6 Å². The predicted molar refractivity (Wildman–Crippen MR) is 111 cm³/mol. The van der Waals surface area contributed by atoms with E-state index in [-0.39, 0.29) is 36.2 Å². The highest BCUT2D eigenvalue weighted by atomic mass is 19.4. The Labute approximate surface area is 186 Å². The molecule has 1 aliphatic rings. The summed E-state index contributed by atoms with van der Waals surface area (Å²) < 4.78 is 58.1. The van der Waals surface area contributed by atoms with Crippen LogP contribution in [-0.2, 0) is 19.3 Å². The first-order chi connectivity index (χ1) is 15.7. The lowest BCUT2D eigenvalue weighted by Gasteiger charge is -2.16. The largest absolute Gasteiger partial charge is 0.453 e. The van der Waals surface area contributed by atoms with Gasteiger partial charge in [0, 0.05) is 25.7 Å². The first kappa shape index (κ1) is 22.3. The van der Waals surface area contributed by atoms with E-state index in [0.29, 0.717) is 17.2 Å². The Hall–Kier alpha value is -3.88. The molecule has 9 heteroatoms. The normalized spacial score (nSPS) is 13.1. The van der Waals surface area contributed by atoms with Crippen molar-refractivity contribution in [2.45, 2.75) is 19.3 Å². The molecular formula is C24H18F4N2O3. The summed E-state index contributed by atoms with van der Waals surface area (Å²) in [6.07, 6.45) is -4.68. The molecule has 0 radical (unpaired) electrons. The number of benzene rings is 3. The van der Waals surface area contributed by atoms with Crippen LogP contribution in [0.1, 0.15) is 37.4 Å². The fourth-order valence-electron chi connectivity index (χ4n) is 3.60. The van der Waals surface area contributed by atoms with E-state index in [1.54, 1.807) is 41.3 Å². The Bertz CT molecular complexity index is 1220. The maximum atomic E-state index is 14.2. The van der Waals surface area contributed by atoms with Crippen LogP contribution in [0.2, 0.25) is 0 Å². The minimum absolute atomic E-state index is 0.0635. The number of hydrogen-bond acceptors (Lipinski definition) is 3. The fraction of sp³-hybridized carbons (Fsp3) is 0.167. The van der Waals surface area contributed by atoms with Gasteiger partial charge in [0.05, 0.1) is 11.1 Å². The molecule has 0 atom stereocenters. The lowest BCUT2D eigenvalue weighted by Crippen LogP contribution is -2.23. The van der Waals surface area contributed by atoms with Crippen LogP contribution >= 0.6 is 0 Å². The predicted octanol–water partition coefficient (Wildman–Crippen LogP) is 5.15. The molecule has 0 aliphatic carbocycles. The van der Waals surface area contributed by atoms with Crippen LogP contribution in [-0.4, -0.2) is 23.8 Å². The van der Waals surface area contributed by atoms with Gasteiger partial charge in [-0.15, -0.1) is 0 Å². The van der Waals surface area contributed by atoms with Gasteiger partial charge in [-0.3, -0.25) is 9.59 Å². The lowest BCUT2D eigenvalue weighted by atomic mass is 10.1. The number of carbonyl (C=O) groups is 2. The number of ether oxygens (including phenoxy) is 1. The van der Waals surface area contributed by atoms with E-state index in [0.717, 1.165) is 17.7 Å². The van der Waals surface area contributed by atoms with Crippen molar-refractivity contribution in [3.8, 4) is 11.5 Å². The third-order valence-corrected chi connectivity index (χ3v) is 5.27. The molecular weight excluding hydrogens is 440 g/mol. The quantitative estimate of drug-likeness (QED) is 0.538. The van der Waals surface area contributed by atoms with Gasteiger partial charge in [-0.05, 0) is 47.5 Å². The summed E-state index contributed by atoms with van der Waals surface area (Å²) in [7, 11) is 1.53. The number of amides is 2. The van der Waals surface area contributed by atoms with Crippen LogP contribution in [0.5, 0.6) is 11.5 Å². The summed E-state index contributed by atoms with van der Waals surface area (Å²) in [6, 6.07) is 13.6. The van der Waals surface area contributed by atoms with Crippen molar-refractivity contribution in [1.82, 2.24) is 10.2 Å². The number of hydrogen-bond donors (Lipinski definition) is 1. The van der Waals surface area contributed by atoms with Gasteiger partial charge in [0.1, 0.15) is 5.75 Å². The van der Waals surface area contributed by atoms with Gasteiger partial charge >= 0.3 is 6.18 Å². The molecule has 1 aliphatic heterocycles. The molecule has 0 spiro atoms. The standard InChI is InChI=1S/C24H18F4N2O3/c1-29-22(31)15-7-5-14(6-8-15)12-30-13-16-3-2-4-20(21(16)23(30)32)33-19-10-9-17(11-18(19)25)24(26,27)28/h2-11H,12-13H2,1H3,(H,29,31). The van der Waals surface area contributed by atoms with Crippen molar-refractivity contribution in [3.63, 3.8) is 0 Å². The average molecular weight is 458 g/mol. The van der Waals surface area contributed by atoms with Crippen molar-refractivity contribution in [1.29, 1.82) is 0 Å². The van der Waals surface area contributed by atoms with E-state index in [9.17, 15) is 27.2 Å². The molecule has 0 unspecified atom stereocenters. The lowest BCUT2D eigenvalue weighted by molar-refractivity contribution is -0.137. The van der Waals surface area contributed by atoms with Crippen molar-refractivity contribution < 1.29 is 31.9 Å². The zero-order chi connectivity index (χ0) is 23.8. The Morgan fingerprint density at radius 2 is 1.79 bits per heavy atom. The van der Waals surface area contributed by atoms with Gasteiger partial charge in [0.2, 0.25) is 0 Å². The van der Waals surface area contributed by atoms with E-state index < -0.39 is 23.3 Å². The minimum atomic E-state index is -4.68. The number of halogens is 4. The SMILES string of the molecule is CNC(=O)c1ccc(CN2Cc3cccc(Oc4ccc(C(F)(F)F)cc4F)c3C2=O)cc1. The molecule has 0 saturated heterocycles. The monoisotopic (exact) mass is 458 g/mol. The van der Waals surface area contributed by atoms with E-state index in [2.05, 4.69) is 5.32 Å². The third kappa shape index (κ3) is 4.52. The molecule has 1 heterocycles. The van der Waals surface area contributed by atoms with Crippen LogP contribution in [0.4, 0.5) is 17.6 Å². The van der Waals surface area contributed by atoms with Gasteiger partial charge in [0.15, 0.2) is 11.6 Å². The molecule has 3 aromatic rings. The molecule has 170 valence electrons. The van der Waals surface area contributed by atoms with Crippen molar-refractivity contribution in [2.24, 2.45) is 0 Å².